The van der Waals surface area contributed by atoms with Crippen LogP contribution in [0.25, 0.3) is 0 Å². The molecule has 1 aromatic carbocycles. The lowest BCUT2D eigenvalue weighted by Gasteiger charge is -2.33. The van der Waals surface area contributed by atoms with Crippen LogP contribution in [0, 0.1) is 6.92 Å². The fraction of sp³-hybridized carbons (Fsp3) is 0.647. The van der Waals surface area contributed by atoms with E-state index in [0.717, 1.165) is 18.5 Å². The number of methoxy groups -OCH3 is 2. The molecule has 2 aliphatic rings. The normalized spacial score (nSPS) is 27.1. The lowest BCUT2D eigenvalue weighted by molar-refractivity contribution is -0.0390. The van der Waals surface area contributed by atoms with Crippen LogP contribution in [-0.4, -0.2) is 65.4 Å². The molecular formula is C17H26N2O5S. The number of sulfonamides is 1. The first kappa shape index (κ1) is 18.4. The van der Waals surface area contributed by atoms with E-state index in [9.17, 15) is 8.42 Å². The fourth-order valence-electron chi connectivity index (χ4n) is 3.64. The number of nitrogens with one attached hydrogen (secondary N) is 1. The van der Waals surface area contributed by atoms with Crippen molar-refractivity contribution in [3.63, 3.8) is 0 Å². The molecule has 0 saturated carbocycles. The molecule has 0 spiro atoms. The Morgan fingerprint density at radius 3 is 2.60 bits per heavy atom. The average molecular weight is 370 g/mol. The van der Waals surface area contributed by atoms with E-state index in [2.05, 4.69) is 9.62 Å². The topological polar surface area (TPSA) is 77.1 Å². The largest absolute Gasteiger partial charge is 0.496 e. The van der Waals surface area contributed by atoms with E-state index in [1.54, 1.807) is 6.07 Å². The number of hydrogen-bond acceptors (Lipinski definition) is 6. The van der Waals surface area contributed by atoms with Crippen molar-refractivity contribution >= 4 is 10.0 Å². The molecule has 8 heteroatoms. The molecule has 2 fully saturated rings. The molecule has 0 unspecified atom stereocenters. The zero-order valence-electron chi connectivity index (χ0n) is 15.1. The van der Waals surface area contributed by atoms with Crippen molar-refractivity contribution in [2.24, 2.45) is 0 Å². The monoisotopic (exact) mass is 370 g/mol. The van der Waals surface area contributed by atoms with Crippen LogP contribution in [-0.2, 0) is 14.8 Å². The third kappa shape index (κ3) is 3.76. The first-order valence-electron chi connectivity index (χ1n) is 8.44. The standard InChI is InChI=1S/C17H26N2O5S/c1-11-5-16(23-4)17(7-15(11)22-3)25(20,21)18-13-6-14-10-24-12(2)8-19(14)9-13/h5,7,12-14,18H,6,8-10H2,1-4H3/t12-,13+,14-/m0/s1. The highest BCUT2D eigenvalue weighted by molar-refractivity contribution is 7.89. The van der Waals surface area contributed by atoms with Gasteiger partial charge in [-0.05, 0) is 31.9 Å². The van der Waals surface area contributed by atoms with Crippen LogP contribution >= 0.6 is 0 Å². The van der Waals surface area contributed by atoms with Crippen molar-refractivity contribution in [1.29, 1.82) is 0 Å². The molecular weight excluding hydrogens is 344 g/mol. The Balaban J connectivity index is 1.81. The Morgan fingerprint density at radius 1 is 1.20 bits per heavy atom. The highest BCUT2D eigenvalue weighted by atomic mass is 32.2. The quantitative estimate of drug-likeness (QED) is 0.838. The van der Waals surface area contributed by atoms with Crippen molar-refractivity contribution < 1.29 is 22.6 Å². The first-order chi connectivity index (χ1) is 11.8. The SMILES string of the molecule is COc1cc(S(=O)(=O)N[C@@H]2C[C@H]3CO[C@@H](C)CN3C2)c(OC)cc1C. The molecule has 1 aromatic rings. The minimum Gasteiger partial charge on any atom is -0.496 e. The van der Waals surface area contributed by atoms with Gasteiger partial charge in [0.1, 0.15) is 16.4 Å². The lowest BCUT2D eigenvalue weighted by Crippen LogP contribution is -2.45. The van der Waals surface area contributed by atoms with Crippen molar-refractivity contribution in [2.45, 2.75) is 43.4 Å². The van der Waals surface area contributed by atoms with E-state index in [1.165, 1.54) is 20.3 Å². The molecule has 3 atom stereocenters. The molecule has 140 valence electrons. The summed E-state index contributed by atoms with van der Waals surface area (Å²) in [5.41, 5.74) is 0.822. The fourth-order valence-corrected chi connectivity index (χ4v) is 5.05. The minimum atomic E-state index is -3.71. The van der Waals surface area contributed by atoms with Crippen LogP contribution in [0.15, 0.2) is 17.0 Å². The van der Waals surface area contributed by atoms with Crippen LogP contribution in [0.3, 0.4) is 0 Å². The van der Waals surface area contributed by atoms with Gasteiger partial charge in [-0.25, -0.2) is 13.1 Å². The van der Waals surface area contributed by atoms with Gasteiger partial charge in [-0.2, -0.15) is 0 Å². The highest BCUT2D eigenvalue weighted by Gasteiger charge is 2.38. The summed E-state index contributed by atoms with van der Waals surface area (Å²) in [5, 5.41) is 0. The Labute approximate surface area is 149 Å². The van der Waals surface area contributed by atoms with Crippen LogP contribution in [0.1, 0.15) is 18.9 Å². The molecule has 1 N–H and O–H groups in total. The molecule has 2 aliphatic heterocycles. The summed E-state index contributed by atoms with van der Waals surface area (Å²) in [4.78, 5) is 2.40. The molecule has 0 aliphatic carbocycles. The van der Waals surface area contributed by atoms with E-state index in [-0.39, 0.29) is 23.1 Å². The molecule has 25 heavy (non-hydrogen) atoms. The highest BCUT2D eigenvalue weighted by Crippen LogP contribution is 2.32. The van der Waals surface area contributed by atoms with E-state index < -0.39 is 10.0 Å². The van der Waals surface area contributed by atoms with Crippen LogP contribution in [0.5, 0.6) is 11.5 Å². The molecule has 0 aromatic heterocycles. The summed E-state index contributed by atoms with van der Waals surface area (Å²) < 4.78 is 44.9. The number of fused-ring (bicyclic) bond motifs is 1. The number of morpholine rings is 1. The molecule has 0 bridgehead atoms. The summed E-state index contributed by atoms with van der Waals surface area (Å²) in [6.07, 6.45) is 0.935. The maximum Gasteiger partial charge on any atom is 0.244 e. The van der Waals surface area contributed by atoms with Crippen LogP contribution in [0.2, 0.25) is 0 Å². The van der Waals surface area contributed by atoms with Gasteiger partial charge in [0.05, 0.1) is 26.9 Å². The number of ether oxygens (including phenoxy) is 3. The average Bonchev–Trinajstić information content (AvgIpc) is 2.94. The van der Waals surface area contributed by atoms with Gasteiger partial charge in [-0.1, -0.05) is 0 Å². The summed E-state index contributed by atoms with van der Waals surface area (Å²) in [7, 11) is -0.725. The summed E-state index contributed by atoms with van der Waals surface area (Å²) in [5.74, 6) is 0.839. The Bertz CT molecular complexity index is 737. The van der Waals surface area contributed by atoms with E-state index in [0.29, 0.717) is 24.7 Å². The van der Waals surface area contributed by atoms with Crippen LogP contribution < -0.4 is 14.2 Å². The van der Waals surface area contributed by atoms with Crippen molar-refractivity contribution in [3.8, 4) is 11.5 Å². The maximum absolute atomic E-state index is 12.9. The van der Waals surface area contributed by atoms with Gasteiger partial charge in [0.2, 0.25) is 10.0 Å². The zero-order chi connectivity index (χ0) is 18.2. The predicted molar refractivity (Wildman–Crippen MR) is 93.8 cm³/mol. The first-order valence-corrected chi connectivity index (χ1v) is 9.93. The molecule has 0 amide bonds. The van der Waals surface area contributed by atoms with Crippen molar-refractivity contribution in [1.82, 2.24) is 9.62 Å². The number of hydrogen-bond donors (Lipinski definition) is 1. The number of nitrogens with zero attached hydrogens (tertiary/aromatic N) is 1. The van der Waals surface area contributed by atoms with Gasteiger partial charge >= 0.3 is 0 Å². The second kappa shape index (κ2) is 7.11. The Morgan fingerprint density at radius 2 is 1.92 bits per heavy atom. The molecule has 7 nitrogen and oxygen atoms in total. The van der Waals surface area contributed by atoms with E-state index >= 15 is 0 Å². The molecule has 2 saturated heterocycles. The Hall–Kier alpha value is -1.35. The summed E-state index contributed by atoms with van der Waals surface area (Å²) in [6.45, 7) is 6.08. The van der Waals surface area contributed by atoms with Gasteiger partial charge in [0, 0.05) is 31.2 Å². The third-order valence-corrected chi connectivity index (χ3v) is 6.43. The van der Waals surface area contributed by atoms with Crippen molar-refractivity contribution in [3.05, 3.63) is 17.7 Å². The van der Waals surface area contributed by atoms with Gasteiger partial charge in [-0.3, -0.25) is 4.90 Å². The van der Waals surface area contributed by atoms with Gasteiger partial charge < -0.3 is 14.2 Å². The smallest absolute Gasteiger partial charge is 0.244 e. The van der Waals surface area contributed by atoms with Gasteiger partial charge in [0.15, 0.2) is 0 Å². The van der Waals surface area contributed by atoms with Gasteiger partial charge in [-0.15, -0.1) is 0 Å². The molecule has 0 radical (unpaired) electrons. The van der Waals surface area contributed by atoms with E-state index in [4.69, 9.17) is 14.2 Å². The lowest BCUT2D eigenvalue weighted by atomic mass is 10.2. The van der Waals surface area contributed by atoms with Crippen LogP contribution in [0.4, 0.5) is 0 Å². The molecule has 3 rings (SSSR count). The zero-order valence-corrected chi connectivity index (χ0v) is 15.9. The van der Waals surface area contributed by atoms with Crippen molar-refractivity contribution in [2.75, 3.05) is 33.9 Å². The minimum absolute atomic E-state index is 0.104. The third-order valence-electron chi connectivity index (χ3n) is 4.89. The number of benzene rings is 1. The second-order valence-electron chi connectivity index (χ2n) is 6.78. The number of aryl methyl sites for hydroxylation is 1. The van der Waals surface area contributed by atoms with E-state index in [1.807, 2.05) is 13.8 Å². The second-order valence-corrected chi connectivity index (χ2v) is 8.46. The number of rotatable bonds is 5. The molecule has 2 heterocycles. The summed E-state index contributed by atoms with van der Waals surface area (Å²) in [6, 6.07) is 3.34. The summed E-state index contributed by atoms with van der Waals surface area (Å²) >= 11 is 0. The van der Waals surface area contributed by atoms with Gasteiger partial charge in [0.25, 0.3) is 0 Å². The Kier molecular flexibility index (Phi) is 5.24. The maximum atomic E-state index is 12.9. The predicted octanol–water partition coefficient (Wildman–Crippen LogP) is 1.15.